The number of nitrogens with two attached hydrogens (primary N) is 1. The number of ether oxygens (including phenoxy) is 1. The van der Waals surface area contributed by atoms with Crippen molar-refractivity contribution in [1.82, 2.24) is 10.3 Å². The molecule has 0 amide bonds. The van der Waals surface area contributed by atoms with E-state index in [9.17, 15) is 9.18 Å². The number of rotatable bonds is 4. The first-order valence-corrected chi connectivity index (χ1v) is 6.02. The van der Waals surface area contributed by atoms with Gasteiger partial charge in [0.1, 0.15) is 17.2 Å². The number of anilines is 1. The highest BCUT2D eigenvalue weighted by atomic mass is 19.1. The fraction of sp³-hybridized carbons (Fsp3) is 0.538. The van der Waals surface area contributed by atoms with Crippen LogP contribution in [0, 0.1) is 12.7 Å². The topological polar surface area (TPSA) is 77.2 Å². The van der Waals surface area contributed by atoms with Crippen molar-refractivity contribution in [2.75, 3.05) is 12.3 Å². The lowest BCUT2D eigenvalue weighted by Crippen LogP contribution is -2.31. The maximum Gasteiger partial charge on any atom is 0.320 e. The predicted octanol–water partition coefficient (Wildman–Crippen LogP) is 1.54. The van der Waals surface area contributed by atoms with Crippen molar-refractivity contribution in [1.29, 1.82) is 0 Å². The minimum Gasteiger partial charge on any atom is -0.459 e. The third kappa shape index (κ3) is 4.82. The van der Waals surface area contributed by atoms with Crippen LogP contribution in [-0.4, -0.2) is 23.1 Å². The Kier molecular flexibility index (Phi) is 4.83. The Hall–Kier alpha value is -1.69. The van der Waals surface area contributed by atoms with Crippen molar-refractivity contribution in [2.45, 2.75) is 39.8 Å². The van der Waals surface area contributed by atoms with Crippen LogP contribution in [0.4, 0.5) is 10.2 Å². The molecule has 1 heterocycles. The first kappa shape index (κ1) is 15.4. The van der Waals surface area contributed by atoms with Gasteiger partial charge in [0.2, 0.25) is 0 Å². The van der Waals surface area contributed by atoms with Crippen molar-refractivity contribution in [3.8, 4) is 0 Å². The number of carbonyl (C=O) groups is 1. The van der Waals surface area contributed by atoms with Gasteiger partial charge in [0, 0.05) is 12.1 Å². The van der Waals surface area contributed by atoms with Gasteiger partial charge in [-0.15, -0.1) is 0 Å². The Morgan fingerprint density at radius 2 is 2.16 bits per heavy atom. The lowest BCUT2D eigenvalue weighted by molar-refractivity contribution is -0.153. The molecule has 1 rings (SSSR count). The molecule has 0 radical (unpaired) electrons. The zero-order chi connectivity index (χ0) is 14.6. The molecule has 0 spiro atoms. The van der Waals surface area contributed by atoms with Crippen LogP contribution in [0.3, 0.4) is 0 Å². The molecule has 0 aliphatic heterocycles. The molecule has 5 nitrogen and oxygen atoms in total. The molecular weight excluding hydrogens is 249 g/mol. The van der Waals surface area contributed by atoms with E-state index in [0.717, 1.165) is 6.20 Å². The summed E-state index contributed by atoms with van der Waals surface area (Å²) in [5.41, 5.74) is 6.15. The van der Waals surface area contributed by atoms with E-state index >= 15 is 0 Å². The number of carbonyl (C=O) groups excluding carboxylic acids is 1. The molecule has 1 aromatic rings. The zero-order valence-corrected chi connectivity index (χ0v) is 11.7. The summed E-state index contributed by atoms with van der Waals surface area (Å²) in [6.07, 6.45) is 1.09. The van der Waals surface area contributed by atoms with Crippen LogP contribution in [0.15, 0.2) is 6.20 Å². The van der Waals surface area contributed by atoms with Crippen LogP contribution in [0.25, 0.3) is 0 Å². The molecule has 0 aromatic carbocycles. The van der Waals surface area contributed by atoms with Crippen LogP contribution in [-0.2, 0) is 16.1 Å². The number of pyridine rings is 1. The second kappa shape index (κ2) is 5.97. The Morgan fingerprint density at radius 1 is 1.53 bits per heavy atom. The number of hydrogen-bond acceptors (Lipinski definition) is 5. The molecular formula is C13H20FN3O2. The number of esters is 1. The highest BCUT2D eigenvalue weighted by molar-refractivity contribution is 5.72. The van der Waals surface area contributed by atoms with Gasteiger partial charge in [-0.05, 0) is 33.3 Å². The highest BCUT2D eigenvalue weighted by Crippen LogP contribution is 2.16. The standard InChI is InChI=1S/C13H20FN3O2/c1-8-9(12(15)17-6-10(8)14)5-16-7-11(18)19-13(2,3)4/h6,16H,5,7H2,1-4H3,(H2,15,17). The zero-order valence-electron chi connectivity index (χ0n) is 11.7. The summed E-state index contributed by atoms with van der Waals surface area (Å²) in [6.45, 7) is 7.31. The number of halogens is 1. The van der Waals surface area contributed by atoms with Gasteiger partial charge < -0.3 is 15.8 Å². The molecule has 0 atom stereocenters. The van der Waals surface area contributed by atoms with Gasteiger partial charge in [-0.1, -0.05) is 0 Å². The smallest absolute Gasteiger partial charge is 0.320 e. The molecule has 0 unspecified atom stereocenters. The molecule has 0 fully saturated rings. The number of hydrogen-bond donors (Lipinski definition) is 2. The average molecular weight is 269 g/mol. The monoisotopic (exact) mass is 269 g/mol. The van der Waals surface area contributed by atoms with Crippen molar-refractivity contribution in [2.24, 2.45) is 0 Å². The van der Waals surface area contributed by atoms with Gasteiger partial charge in [-0.25, -0.2) is 9.37 Å². The van der Waals surface area contributed by atoms with E-state index < -0.39 is 11.4 Å². The number of nitrogen functional groups attached to an aromatic ring is 1. The first-order chi connectivity index (χ1) is 8.70. The van der Waals surface area contributed by atoms with Crippen LogP contribution in [0.5, 0.6) is 0 Å². The summed E-state index contributed by atoms with van der Waals surface area (Å²) >= 11 is 0. The van der Waals surface area contributed by atoms with Crippen molar-refractivity contribution < 1.29 is 13.9 Å². The van der Waals surface area contributed by atoms with E-state index in [-0.39, 0.29) is 24.9 Å². The van der Waals surface area contributed by atoms with E-state index in [2.05, 4.69) is 10.3 Å². The van der Waals surface area contributed by atoms with Crippen molar-refractivity contribution in [3.05, 3.63) is 23.1 Å². The SMILES string of the molecule is Cc1c(F)cnc(N)c1CNCC(=O)OC(C)(C)C. The van der Waals surface area contributed by atoms with Crippen LogP contribution in [0.1, 0.15) is 31.9 Å². The van der Waals surface area contributed by atoms with E-state index in [1.165, 1.54) is 0 Å². The number of aromatic nitrogens is 1. The van der Waals surface area contributed by atoms with Crippen LogP contribution in [0.2, 0.25) is 0 Å². The second-order valence-corrected chi connectivity index (χ2v) is 5.28. The minimum absolute atomic E-state index is 0.0344. The molecule has 0 bridgehead atoms. The summed E-state index contributed by atoms with van der Waals surface area (Å²) in [6, 6.07) is 0. The maximum atomic E-state index is 13.3. The van der Waals surface area contributed by atoms with Gasteiger partial charge in [-0.3, -0.25) is 4.79 Å². The Morgan fingerprint density at radius 3 is 2.74 bits per heavy atom. The Labute approximate surface area is 112 Å². The van der Waals surface area contributed by atoms with Gasteiger partial charge >= 0.3 is 5.97 Å². The average Bonchev–Trinajstić information content (AvgIpc) is 2.26. The van der Waals surface area contributed by atoms with Gasteiger partial charge in [0.15, 0.2) is 0 Å². The molecule has 0 saturated carbocycles. The predicted molar refractivity (Wildman–Crippen MR) is 70.9 cm³/mol. The number of nitrogens with one attached hydrogen (secondary N) is 1. The van der Waals surface area contributed by atoms with E-state index in [1.54, 1.807) is 27.7 Å². The second-order valence-electron chi connectivity index (χ2n) is 5.28. The third-order valence-electron chi connectivity index (χ3n) is 2.43. The first-order valence-electron chi connectivity index (χ1n) is 6.02. The van der Waals surface area contributed by atoms with Crippen molar-refractivity contribution in [3.63, 3.8) is 0 Å². The lowest BCUT2D eigenvalue weighted by Gasteiger charge is -2.19. The van der Waals surface area contributed by atoms with E-state index in [1.807, 2.05) is 0 Å². The Balaban J connectivity index is 2.55. The highest BCUT2D eigenvalue weighted by Gasteiger charge is 2.16. The molecule has 0 aliphatic carbocycles. The lowest BCUT2D eigenvalue weighted by atomic mass is 10.1. The molecule has 1 aromatic heterocycles. The largest absolute Gasteiger partial charge is 0.459 e. The molecule has 6 heteroatoms. The van der Waals surface area contributed by atoms with E-state index in [4.69, 9.17) is 10.5 Å². The molecule has 19 heavy (non-hydrogen) atoms. The van der Waals surface area contributed by atoms with E-state index in [0.29, 0.717) is 11.1 Å². The summed E-state index contributed by atoms with van der Waals surface area (Å²) in [5.74, 6) is -0.521. The van der Waals surface area contributed by atoms with Crippen LogP contribution >= 0.6 is 0 Å². The Bertz CT molecular complexity index is 470. The molecule has 0 aliphatic rings. The maximum absolute atomic E-state index is 13.3. The van der Waals surface area contributed by atoms with Gasteiger partial charge in [0.25, 0.3) is 0 Å². The summed E-state index contributed by atoms with van der Waals surface area (Å²) in [4.78, 5) is 15.2. The van der Waals surface area contributed by atoms with Gasteiger partial charge in [-0.2, -0.15) is 0 Å². The fourth-order valence-electron chi connectivity index (χ4n) is 1.53. The quantitative estimate of drug-likeness (QED) is 0.811. The normalized spacial score (nSPS) is 11.4. The summed E-state index contributed by atoms with van der Waals surface area (Å²) in [5, 5.41) is 2.87. The molecule has 3 N–H and O–H groups in total. The molecule has 0 saturated heterocycles. The summed E-state index contributed by atoms with van der Waals surface area (Å²) in [7, 11) is 0. The summed E-state index contributed by atoms with van der Waals surface area (Å²) < 4.78 is 18.5. The minimum atomic E-state index is -0.520. The van der Waals surface area contributed by atoms with Crippen molar-refractivity contribution >= 4 is 11.8 Å². The number of nitrogens with zero attached hydrogens (tertiary/aromatic N) is 1. The fourth-order valence-corrected chi connectivity index (χ4v) is 1.53. The third-order valence-corrected chi connectivity index (χ3v) is 2.43. The van der Waals surface area contributed by atoms with Crippen LogP contribution < -0.4 is 11.1 Å². The molecule has 106 valence electrons. The van der Waals surface area contributed by atoms with Gasteiger partial charge in [0.05, 0.1) is 12.7 Å².